The maximum Gasteiger partial charge on any atom is 0.196 e. The Bertz CT molecular complexity index is 1250. The molecule has 2 aromatic heterocycles. The lowest BCUT2D eigenvalue weighted by Gasteiger charge is -2.19. The van der Waals surface area contributed by atoms with Crippen molar-refractivity contribution >= 4 is 11.9 Å². The quantitative estimate of drug-likeness (QED) is 0.454. The number of hydrogen-bond acceptors (Lipinski definition) is 5. The van der Waals surface area contributed by atoms with Crippen LogP contribution in [0.1, 0.15) is 21.5 Å². The molecule has 31 heavy (non-hydrogen) atoms. The Morgan fingerprint density at radius 1 is 1.06 bits per heavy atom. The number of fused-ring (bicyclic) bond motifs is 1. The van der Waals surface area contributed by atoms with E-state index in [0.717, 1.165) is 16.8 Å². The molecule has 3 heterocycles. The molecule has 0 spiro atoms. The van der Waals surface area contributed by atoms with Gasteiger partial charge in [-0.25, -0.2) is 4.68 Å². The zero-order valence-electron chi connectivity index (χ0n) is 16.6. The van der Waals surface area contributed by atoms with Crippen LogP contribution in [0.4, 0.5) is 0 Å². The summed E-state index contributed by atoms with van der Waals surface area (Å²) in [4.78, 5) is 16.8. The molecule has 0 radical (unpaired) electrons. The van der Waals surface area contributed by atoms with Gasteiger partial charge in [-0.05, 0) is 48.0 Å². The van der Waals surface area contributed by atoms with E-state index in [1.54, 1.807) is 36.8 Å². The molecule has 152 valence electrons. The van der Waals surface area contributed by atoms with Crippen molar-refractivity contribution in [3.05, 3.63) is 108 Å². The number of benzene rings is 2. The second kappa shape index (κ2) is 8.28. The number of rotatable bonds is 5. The van der Waals surface area contributed by atoms with Crippen LogP contribution in [0.2, 0.25) is 0 Å². The van der Waals surface area contributed by atoms with E-state index in [4.69, 9.17) is 9.47 Å². The van der Waals surface area contributed by atoms with E-state index >= 15 is 0 Å². The highest BCUT2D eigenvalue weighted by Gasteiger charge is 2.23. The van der Waals surface area contributed by atoms with E-state index in [0.29, 0.717) is 29.2 Å². The average Bonchev–Trinajstić information content (AvgIpc) is 3.30. The Hall–Kier alpha value is -4.19. The van der Waals surface area contributed by atoms with Crippen LogP contribution in [-0.2, 0) is 6.61 Å². The molecule has 0 unspecified atom stereocenters. The summed E-state index contributed by atoms with van der Waals surface area (Å²) in [6.45, 7) is 0.591. The summed E-state index contributed by atoms with van der Waals surface area (Å²) in [6, 6.07) is 18.9. The lowest BCUT2D eigenvalue weighted by atomic mass is 9.98. The predicted molar refractivity (Wildman–Crippen MR) is 116 cm³/mol. The third-order valence-electron chi connectivity index (χ3n) is 4.98. The molecule has 4 aromatic rings. The van der Waals surface area contributed by atoms with E-state index in [9.17, 15) is 4.79 Å². The number of aromatic nitrogens is 3. The molecule has 6 heteroatoms. The summed E-state index contributed by atoms with van der Waals surface area (Å²) in [6.07, 6.45) is 8.94. The van der Waals surface area contributed by atoms with Crippen LogP contribution >= 0.6 is 0 Å². The van der Waals surface area contributed by atoms with Gasteiger partial charge in [0.15, 0.2) is 5.78 Å². The molecule has 2 aromatic carbocycles. The Kier molecular flexibility index (Phi) is 5.02. The van der Waals surface area contributed by atoms with Crippen molar-refractivity contribution in [2.45, 2.75) is 6.61 Å². The first-order valence-corrected chi connectivity index (χ1v) is 9.90. The largest absolute Gasteiger partial charge is 0.489 e. The Morgan fingerprint density at radius 3 is 2.74 bits per heavy atom. The van der Waals surface area contributed by atoms with Crippen LogP contribution < -0.4 is 9.47 Å². The molecule has 0 saturated carbocycles. The zero-order valence-corrected chi connectivity index (χ0v) is 16.6. The number of carbonyl (C=O) groups is 1. The second-order valence-electron chi connectivity index (χ2n) is 7.14. The summed E-state index contributed by atoms with van der Waals surface area (Å²) >= 11 is 0. The minimum atomic E-state index is -0.0336. The van der Waals surface area contributed by atoms with Gasteiger partial charge in [-0.1, -0.05) is 18.2 Å². The van der Waals surface area contributed by atoms with Gasteiger partial charge in [0.25, 0.3) is 0 Å². The maximum atomic E-state index is 12.8. The Balaban J connectivity index is 1.28. The molecule has 1 aliphatic heterocycles. The molecule has 0 atom stereocenters. The minimum absolute atomic E-state index is 0.0336. The summed E-state index contributed by atoms with van der Waals surface area (Å²) < 4.78 is 13.5. The monoisotopic (exact) mass is 409 g/mol. The van der Waals surface area contributed by atoms with E-state index < -0.39 is 0 Å². The van der Waals surface area contributed by atoms with Gasteiger partial charge in [-0.15, -0.1) is 0 Å². The first kappa shape index (κ1) is 18.8. The standard InChI is InChI=1S/C25H19N3O3/c29-25-20(12-18-8-10-26-11-9-18)17-31-24-13-22(6-7-23(24)25)30-16-19-14-27-28(15-19)21-4-2-1-3-5-21/h1-15H,16-17H2. The fourth-order valence-corrected chi connectivity index (χ4v) is 3.38. The number of Topliss-reactive ketones (excluding diaryl/α,β-unsaturated/α-hetero) is 1. The minimum Gasteiger partial charge on any atom is -0.489 e. The predicted octanol–water partition coefficient (Wildman–Crippen LogP) is 4.51. The SMILES string of the molecule is O=C1C(=Cc2ccncc2)COc2cc(OCc3cnn(-c4ccccc4)c3)ccc21. The fraction of sp³-hybridized carbons (Fsp3) is 0.0800. The van der Waals surface area contributed by atoms with Crippen molar-refractivity contribution in [1.29, 1.82) is 0 Å². The van der Waals surface area contributed by atoms with E-state index in [-0.39, 0.29) is 12.4 Å². The van der Waals surface area contributed by atoms with E-state index in [1.807, 2.05) is 59.4 Å². The van der Waals surface area contributed by atoms with Crippen LogP contribution in [0.5, 0.6) is 11.5 Å². The molecule has 1 aliphatic rings. The third-order valence-corrected chi connectivity index (χ3v) is 4.98. The molecule has 0 bridgehead atoms. The molecule has 0 N–H and O–H groups in total. The van der Waals surface area contributed by atoms with Crippen molar-refractivity contribution in [3.8, 4) is 17.2 Å². The highest BCUT2D eigenvalue weighted by Crippen LogP contribution is 2.32. The molecule has 0 saturated heterocycles. The zero-order chi connectivity index (χ0) is 21.0. The van der Waals surface area contributed by atoms with Gasteiger partial charge in [0, 0.05) is 35.8 Å². The molecule has 0 aliphatic carbocycles. The van der Waals surface area contributed by atoms with Crippen LogP contribution in [-0.4, -0.2) is 27.2 Å². The summed E-state index contributed by atoms with van der Waals surface area (Å²) in [5.41, 5.74) is 4.00. The van der Waals surface area contributed by atoms with Gasteiger partial charge in [0.1, 0.15) is 24.7 Å². The van der Waals surface area contributed by atoms with Gasteiger partial charge >= 0.3 is 0 Å². The molecule has 6 nitrogen and oxygen atoms in total. The van der Waals surface area contributed by atoms with Crippen LogP contribution in [0, 0.1) is 0 Å². The summed E-state index contributed by atoms with van der Waals surface area (Å²) in [5, 5.41) is 4.38. The van der Waals surface area contributed by atoms with Gasteiger partial charge in [0.05, 0.1) is 17.4 Å². The number of ketones is 1. The molecule has 0 fully saturated rings. The van der Waals surface area contributed by atoms with Crippen molar-refractivity contribution in [3.63, 3.8) is 0 Å². The highest BCUT2D eigenvalue weighted by molar-refractivity contribution is 6.14. The van der Waals surface area contributed by atoms with E-state index in [1.165, 1.54) is 0 Å². The Labute approximate surface area is 179 Å². The maximum absolute atomic E-state index is 12.8. The molecular weight excluding hydrogens is 390 g/mol. The first-order valence-electron chi connectivity index (χ1n) is 9.90. The number of carbonyl (C=O) groups excluding carboxylic acids is 1. The number of pyridine rings is 1. The van der Waals surface area contributed by atoms with E-state index in [2.05, 4.69) is 10.1 Å². The van der Waals surface area contributed by atoms with Gasteiger partial charge in [-0.3, -0.25) is 9.78 Å². The second-order valence-corrected chi connectivity index (χ2v) is 7.14. The number of nitrogens with zero attached hydrogens (tertiary/aromatic N) is 3. The first-order chi connectivity index (χ1) is 15.3. The summed E-state index contributed by atoms with van der Waals surface area (Å²) in [5.74, 6) is 1.14. The lowest BCUT2D eigenvalue weighted by Crippen LogP contribution is -2.19. The topological polar surface area (TPSA) is 66.2 Å². The molecule has 5 rings (SSSR count). The number of para-hydroxylation sites is 1. The normalized spacial score (nSPS) is 14.2. The molecular formula is C25H19N3O3. The van der Waals surface area contributed by atoms with Crippen LogP contribution in [0.25, 0.3) is 11.8 Å². The van der Waals surface area contributed by atoms with Crippen LogP contribution in [0.15, 0.2) is 91.0 Å². The summed E-state index contributed by atoms with van der Waals surface area (Å²) in [7, 11) is 0. The number of ether oxygens (including phenoxy) is 2. The van der Waals surface area contributed by atoms with Gasteiger partial charge < -0.3 is 9.47 Å². The fourth-order valence-electron chi connectivity index (χ4n) is 3.38. The van der Waals surface area contributed by atoms with Crippen molar-refractivity contribution in [2.24, 2.45) is 0 Å². The van der Waals surface area contributed by atoms with Crippen molar-refractivity contribution in [1.82, 2.24) is 14.8 Å². The average molecular weight is 409 g/mol. The Morgan fingerprint density at radius 2 is 1.90 bits per heavy atom. The smallest absolute Gasteiger partial charge is 0.196 e. The van der Waals surface area contributed by atoms with Crippen LogP contribution in [0.3, 0.4) is 0 Å². The molecule has 0 amide bonds. The number of hydrogen-bond donors (Lipinski definition) is 0. The highest BCUT2D eigenvalue weighted by atomic mass is 16.5. The lowest BCUT2D eigenvalue weighted by molar-refractivity contribution is 0.100. The van der Waals surface area contributed by atoms with Gasteiger partial charge in [0.2, 0.25) is 0 Å². The van der Waals surface area contributed by atoms with Crippen molar-refractivity contribution in [2.75, 3.05) is 6.61 Å². The third kappa shape index (κ3) is 4.09. The van der Waals surface area contributed by atoms with Crippen molar-refractivity contribution < 1.29 is 14.3 Å². The van der Waals surface area contributed by atoms with Gasteiger partial charge in [-0.2, -0.15) is 5.10 Å².